The molecule has 1 N–H and O–H groups in total. The number of imidazole rings is 1. The summed E-state index contributed by atoms with van der Waals surface area (Å²) in [6, 6.07) is 16.2. The average molecular weight is 467 g/mol. The van der Waals surface area contributed by atoms with Crippen molar-refractivity contribution in [3.8, 4) is 11.3 Å². The third-order valence-electron chi connectivity index (χ3n) is 6.75. The second kappa shape index (κ2) is 7.76. The number of fused-ring (bicyclic) bond motifs is 4. The van der Waals surface area contributed by atoms with E-state index in [9.17, 15) is 14.4 Å². The maximum atomic E-state index is 13.3. The van der Waals surface area contributed by atoms with Gasteiger partial charge in [0.25, 0.3) is 5.91 Å². The Morgan fingerprint density at radius 1 is 1.09 bits per heavy atom. The molecule has 4 heterocycles. The highest BCUT2D eigenvalue weighted by Gasteiger charge is 2.53. The first-order chi connectivity index (χ1) is 16.9. The van der Waals surface area contributed by atoms with Crippen molar-refractivity contribution in [2.24, 2.45) is 0 Å². The normalized spacial score (nSPS) is 19.1. The summed E-state index contributed by atoms with van der Waals surface area (Å²) in [6.45, 7) is 1.69. The number of para-hydroxylation sites is 1. The smallest absolute Gasteiger partial charge is 0.258 e. The van der Waals surface area contributed by atoms with Crippen molar-refractivity contribution in [1.82, 2.24) is 19.3 Å². The van der Waals surface area contributed by atoms with Gasteiger partial charge in [-0.2, -0.15) is 0 Å². The maximum absolute atomic E-state index is 13.3. The molecule has 0 spiro atoms. The van der Waals surface area contributed by atoms with Crippen molar-refractivity contribution < 1.29 is 14.4 Å². The third kappa shape index (κ3) is 3.35. The van der Waals surface area contributed by atoms with Crippen molar-refractivity contribution in [1.29, 1.82) is 0 Å². The van der Waals surface area contributed by atoms with E-state index < -0.39 is 5.66 Å². The molecule has 3 amide bonds. The van der Waals surface area contributed by atoms with Gasteiger partial charge < -0.3 is 10.2 Å². The highest BCUT2D eigenvalue weighted by Crippen LogP contribution is 2.43. The van der Waals surface area contributed by atoms with Gasteiger partial charge in [-0.3, -0.25) is 23.7 Å². The Morgan fingerprint density at radius 3 is 2.69 bits per heavy atom. The van der Waals surface area contributed by atoms with Crippen LogP contribution in [0.5, 0.6) is 0 Å². The summed E-state index contributed by atoms with van der Waals surface area (Å²) in [5.41, 5.74) is 2.44. The van der Waals surface area contributed by atoms with E-state index in [2.05, 4.69) is 15.3 Å². The summed E-state index contributed by atoms with van der Waals surface area (Å²) < 4.78 is 1.84. The van der Waals surface area contributed by atoms with Crippen LogP contribution in [0.4, 0.5) is 11.4 Å². The number of nitrogens with one attached hydrogen (secondary N) is 1. The molecule has 1 fully saturated rings. The van der Waals surface area contributed by atoms with E-state index in [-0.39, 0.29) is 24.3 Å². The van der Waals surface area contributed by atoms with Crippen LogP contribution in [0.3, 0.4) is 0 Å². The Hall–Kier alpha value is -4.53. The number of carbonyl (C=O) groups is 3. The Balaban J connectivity index is 1.21. The van der Waals surface area contributed by atoms with Gasteiger partial charge in [0, 0.05) is 36.3 Å². The minimum absolute atomic E-state index is 0.0457. The molecular formula is C26H22N6O3. The van der Waals surface area contributed by atoms with Crippen molar-refractivity contribution in [3.05, 3.63) is 78.8 Å². The zero-order valence-corrected chi connectivity index (χ0v) is 19.0. The molecule has 6 rings (SSSR count). The van der Waals surface area contributed by atoms with Crippen LogP contribution in [0, 0.1) is 0 Å². The monoisotopic (exact) mass is 466 g/mol. The predicted octanol–water partition coefficient (Wildman–Crippen LogP) is 3.33. The fourth-order valence-electron chi connectivity index (χ4n) is 4.98. The number of rotatable bonds is 4. The van der Waals surface area contributed by atoms with E-state index in [4.69, 9.17) is 0 Å². The lowest BCUT2D eigenvalue weighted by Crippen LogP contribution is -2.63. The predicted molar refractivity (Wildman–Crippen MR) is 130 cm³/mol. The van der Waals surface area contributed by atoms with Crippen LogP contribution < -0.4 is 10.2 Å². The number of anilines is 2. The van der Waals surface area contributed by atoms with Gasteiger partial charge in [0.05, 0.1) is 16.9 Å². The van der Waals surface area contributed by atoms with E-state index in [1.807, 2.05) is 48.0 Å². The lowest BCUT2D eigenvalue weighted by Gasteiger charge is -2.48. The summed E-state index contributed by atoms with van der Waals surface area (Å²) in [5.74, 6) is -0.0147. The molecule has 1 unspecified atom stereocenters. The summed E-state index contributed by atoms with van der Waals surface area (Å²) in [4.78, 5) is 50.9. The average Bonchev–Trinajstić information content (AvgIpc) is 3.43. The lowest BCUT2D eigenvalue weighted by atomic mass is 9.98. The Bertz CT molecular complexity index is 1460. The molecule has 0 bridgehead atoms. The highest BCUT2D eigenvalue weighted by molar-refractivity contribution is 6.11. The fraction of sp³-hybridized carbons (Fsp3) is 0.192. The molecule has 9 nitrogen and oxygen atoms in total. The zero-order valence-electron chi connectivity index (χ0n) is 19.0. The molecule has 35 heavy (non-hydrogen) atoms. The van der Waals surface area contributed by atoms with E-state index in [1.54, 1.807) is 41.4 Å². The highest BCUT2D eigenvalue weighted by atomic mass is 16.2. The maximum Gasteiger partial charge on any atom is 0.258 e. The minimum atomic E-state index is -0.874. The SMILES string of the molecule is CC12CCC(=O)N1c1ccccc1C(=O)N2CC(=O)Nc1ccc(-c2cn3cccnc3n2)cc1. The largest absolute Gasteiger partial charge is 0.325 e. The molecular weight excluding hydrogens is 444 g/mol. The Labute approximate surface area is 201 Å². The van der Waals surface area contributed by atoms with Gasteiger partial charge in [-0.05, 0) is 43.7 Å². The Morgan fingerprint density at radius 2 is 1.89 bits per heavy atom. The van der Waals surface area contributed by atoms with Crippen molar-refractivity contribution in [2.75, 3.05) is 16.8 Å². The standard InChI is InChI=1S/C26H22N6O3/c1-26-12-11-23(34)32(26)21-6-3-2-5-19(21)24(35)31(26)16-22(33)28-18-9-7-17(8-10-18)20-15-30-14-4-13-27-25(30)29-20/h2-10,13-15H,11-12,16H2,1H3,(H,28,33). The fourth-order valence-corrected chi connectivity index (χ4v) is 4.98. The second-order valence-electron chi connectivity index (χ2n) is 8.93. The van der Waals surface area contributed by atoms with E-state index in [0.717, 1.165) is 11.3 Å². The molecule has 0 aliphatic carbocycles. The van der Waals surface area contributed by atoms with Gasteiger partial charge in [0.15, 0.2) is 0 Å². The number of amides is 3. The topological polar surface area (TPSA) is 99.9 Å². The minimum Gasteiger partial charge on any atom is -0.325 e. The number of carbonyl (C=O) groups excluding carboxylic acids is 3. The van der Waals surface area contributed by atoms with E-state index in [1.165, 1.54) is 4.90 Å². The van der Waals surface area contributed by atoms with Crippen molar-refractivity contribution in [3.63, 3.8) is 0 Å². The molecule has 2 aliphatic heterocycles. The van der Waals surface area contributed by atoms with Crippen LogP contribution in [0.2, 0.25) is 0 Å². The van der Waals surface area contributed by atoms with Gasteiger partial charge >= 0.3 is 0 Å². The summed E-state index contributed by atoms with van der Waals surface area (Å²) in [5, 5.41) is 2.87. The number of hydrogen-bond donors (Lipinski definition) is 1. The molecule has 0 saturated carbocycles. The van der Waals surface area contributed by atoms with Crippen molar-refractivity contribution in [2.45, 2.75) is 25.4 Å². The van der Waals surface area contributed by atoms with Gasteiger partial charge in [0.1, 0.15) is 12.2 Å². The molecule has 1 saturated heterocycles. The van der Waals surface area contributed by atoms with Crippen LogP contribution in [0.1, 0.15) is 30.1 Å². The molecule has 2 aromatic heterocycles. The second-order valence-corrected chi connectivity index (χ2v) is 8.93. The lowest BCUT2D eigenvalue weighted by molar-refractivity contribution is -0.120. The molecule has 1 atom stereocenters. The first kappa shape index (κ1) is 21.0. The quantitative estimate of drug-likeness (QED) is 0.497. The molecule has 9 heteroatoms. The molecule has 2 aliphatic rings. The van der Waals surface area contributed by atoms with Crippen molar-refractivity contribution >= 4 is 34.9 Å². The van der Waals surface area contributed by atoms with Crippen LogP contribution in [0.15, 0.2) is 73.2 Å². The molecule has 2 aromatic carbocycles. The summed E-state index contributed by atoms with van der Waals surface area (Å²) in [7, 11) is 0. The number of aromatic nitrogens is 3. The van der Waals surface area contributed by atoms with Gasteiger partial charge in [-0.25, -0.2) is 9.97 Å². The number of benzene rings is 2. The van der Waals surface area contributed by atoms with E-state index >= 15 is 0 Å². The molecule has 174 valence electrons. The number of nitrogens with zero attached hydrogens (tertiary/aromatic N) is 5. The van der Waals surface area contributed by atoms with Crippen LogP contribution in [-0.2, 0) is 9.59 Å². The summed E-state index contributed by atoms with van der Waals surface area (Å²) in [6.07, 6.45) is 6.27. The van der Waals surface area contributed by atoms with Crippen LogP contribution in [-0.4, -0.2) is 49.2 Å². The summed E-state index contributed by atoms with van der Waals surface area (Å²) >= 11 is 0. The van der Waals surface area contributed by atoms with Gasteiger partial charge in [0.2, 0.25) is 17.6 Å². The molecule has 0 radical (unpaired) electrons. The number of hydrogen-bond acceptors (Lipinski definition) is 5. The first-order valence-electron chi connectivity index (χ1n) is 11.4. The zero-order chi connectivity index (χ0) is 24.2. The third-order valence-corrected chi connectivity index (χ3v) is 6.75. The van der Waals surface area contributed by atoms with Crippen LogP contribution in [0.25, 0.3) is 17.0 Å². The van der Waals surface area contributed by atoms with E-state index in [0.29, 0.717) is 35.6 Å². The first-order valence-corrected chi connectivity index (χ1v) is 11.4. The van der Waals surface area contributed by atoms with Gasteiger partial charge in [-0.1, -0.05) is 24.3 Å². The Kier molecular flexibility index (Phi) is 4.67. The molecule has 4 aromatic rings. The van der Waals surface area contributed by atoms with Gasteiger partial charge in [-0.15, -0.1) is 0 Å². The van der Waals surface area contributed by atoms with Crippen LogP contribution >= 0.6 is 0 Å².